The van der Waals surface area contributed by atoms with Crippen LogP contribution in [0.4, 0.5) is 16.2 Å². The molecule has 3 N–H and O–H groups in total. The molecule has 0 radical (unpaired) electrons. The highest BCUT2D eigenvalue weighted by molar-refractivity contribution is 7.91. The van der Waals surface area contributed by atoms with Crippen LogP contribution in [0.25, 0.3) is 0 Å². The lowest BCUT2D eigenvalue weighted by Crippen LogP contribution is -2.36. The molecule has 2 fully saturated rings. The summed E-state index contributed by atoms with van der Waals surface area (Å²) in [5, 5.41) is 2.71. The molecule has 7 heteroatoms. The summed E-state index contributed by atoms with van der Waals surface area (Å²) in [6, 6.07) is 5.99. The predicted molar refractivity (Wildman–Crippen MR) is 68.1 cm³/mol. The maximum absolute atomic E-state index is 11.9. The number of nitrogens with zero attached hydrogens (tertiary/aromatic N) is 1. The topological polar surface area (TPSA) is 92.5 Å². The summed E-state index contributed by atoms with van der Waals surface area (Å²) in [7, 11) is -3.07. The highest BCUT2D eigenvalue weighted by atomic mass is 32.2. The minimum Gasteiger partial charge on any atom is -0.399 e. The Hall–Kier alpha value is -1.76. The summed E-state index contributed by atoms with van der Waals surface area (Å²) in [6.45, 7) is 0. The first kappa shape index (κ1) is 11.3. The Morgan fingerprint density at radius 2 is 2.11 bits per heavy atom. The van der Waals surface area contributed by atoms with Crippen LogP contribution < -0.4 is 16.0 Å². The van der Waals surface area contributed by atoms with E-state index >= 15 is 0 Å². The number of amides is 2. The number of hydrogen-bond acceptors (Lipinski definition) is 4. The molecule has 6 nitrogen and oxygen atoms in total. The third-order valence-corrected chi connectivity index (χ3v) is 5.05. The van der Waals surface area contributed by atoms with E-state index in [4.69, 9.17) is 5.73 Å². The number of urea groups is 1. The molecule has 1 aromatic rings. The molecule has 2 aliphatic rings. The largest absolute Gasteiger partial charge is 0.399 e. The Balaban J connectivity index is 1.99. The fraction of sp³-hybridized carbons (Fsp3) is 0.364. The molecule has 2 aliphatic heterocycles. The van der Waals surface area contributed by atoms with Gasteiger partial charge in [0.1, 0.15) is 0 Å². The lowest BCUT2D eigenvalue weighted by molar-refractivity contribution is 0.251. The van der Waals surface area contributed by atoms with Crippen molar-refractivity contribution in [3.63, 3.8) is 0 Å². The molecular weight excluding hydrogens is 254 g/mol. The minimum atomic E-state index is -3.07. The normalized spacial score (nSPS) is 29.1. The van der Waals surface area contributed by atoms with E-state index in [0.29, 0.717) is 11.4 Å². The molecular formula is C11H13N3O3S. The number of carbonyl (C=O) groups excluding carboxylic acids is 1. The van der Waals surface area contributed by atoms with Crippen molar-refractivity contribution >= 4 is 27.2 Å². The first-order valence-corrected chi connectivity index (χ1v) is 7.44. The van der Waals surface area contributed by atoms with E-state index in [-0.39, 0.29) is 29.6 Å². The lowest BCUT2D eigenvalue weighted by atomic mass is 10.1. The van der Waals surface area contributed by atoms with Crippen LogP contribution in [0.5, 0.6) is 0 Å². The van der Waals surface area contributed by atoms with Crippen LogP contribution in [0.2, 0.25) is 0 Å². The zero-order valence-electron chi connectivity index (χ0n) is 9.54. The van der Waals surface area contributed by atoms with Gasteiger partial charge in [-0.25, -0.2) is 13.2 Å². The quantitative estimate of drug-likeness (QED) is 0.552. The SMILES string of the molecule is Nc1cccc(N2C(=O)N[C@H]3CS(=O)(=O)C[C@@H]32)c1. The van der Waals surface area contributed by atoms with E-state index in [9.17, 15) is 13.2 Å². The van der Waals surface area contributed by atoms with Gasteiger partial charge in [-0.15, -0.1) is 0 Å². The van der Waals surface area contributed by atoms with Crippen molar-refractivity contribution in [2.45, 2.75) is 12.1 Å². The van der Waals surface area contributed by atoms with Crippen LogP contribution in [0, 0.1) is 0 Å². The van der Waals surface area contributed by atoms with Crippen molar-refractivity contribution in [2.24, 2.45) is 0 Å². The van der Waals surface area contributed by atoms with Gasteiger partial charge >= 0.3 is 6.03 Å². The molecule has 0 bridgehead atoms. The molecule has 0 aromatic heterocycles. The van der Waals surface area contributed by atoms with Gasteiger partial charge in [-0.1, -0.05) is 6.07 Å². The van der Waals surface area contributed by atoms with Gasteiger partial charge in [0.15, 0.2) is 9.84 Å². The number of carbonyl (C=O) groups is 1. The van der Waals surface area contributed by atoms with E-state index in [1.54, 1.807) is 24.3 Å². The lowest BCUT2D eigenvalue weighted by Gasteiger charge is -2.21. The molecule has 0 spiro atoms. The summed E-state index contributed by atoms with van der Waals surface area (Å²) in [5.41, 5.74) is 6.87. The van der Waals surface area contributed by atoms with Crippen LogP contribution in [0.15, 0.2) is 24.3 Å². The van der Waals surface area contributed by atoms with E-state index in [0.717, 1.165) is 0 Å². The molecule has 1 aromatic carbocycles. The van der Waals surface area contributed by atoms with Gasteiger partial charge in [-0.05, 0) is 18.2 Å². The van der Waals surface area contributed by atoms with Gasteiger partial charge < -0.3 is 11.1 Å². The van der Waals surface area contributed by atoms with E-state index < -0.39 is 9.84 Å². The summed E-state index contributed by atoms with van der Waals surface area (Å²) in [4.78, 5) is 13.4. The molecule has 96 valence electrons. The van der Waals surface area contributed by atoms with Crippen LogP contribution in [0.3, 0.4) is 0 Å². The third kappa shape index (κ3) is 1.71. The number of nitrogens with two attached hydrogens (primary N) is 1. The number of sulfone groups is 1. The zero-order chi connectivity index (χ0) is 12.9. The summed E-state index contributed by atoms with van der Waals surface area (Å²) < 4.78 is 23.2. The van der Waals surface area contributed by atoms with Crippen molar-refractivity contribution < 1.29 is 13.2 Å². The Morgan fingerprint density at radius 1 is 1.33 bits per heavy atom. The molecule has 0 aliphatic carbocycles. The molecule has 0 unspecified atom stereocenters. The number of anilines is 2. The molecule has 2 heterocycles. The van der Waals surface area contributed by atoms with Crippen molar-refractivity contribution in [1.82, 2.24) is 5.32 Å². The minimum absolute atomic E-state index is 0.00516. The molecule has 2 saturated heterocycles. The van der Waals surface area contributed by atoms with Crippen LogP contribution >= 0.6 is 0 Å². The number of fused-ring (bicyclic) bond motifs is 1. The van der Waals surface area contributed by atoms with Gasteiger partial charge in [0, 0.05) is 11.4 Å². The summed E-state index contributed by atoms with van der Waals surface area (Å²) in [6.07, 6.45) is 0. The maximum atomic E-state index is 11.9. The standard InChI is InChI=1S/C11H13N3O3S/c12-7-2-1-3-8(4-7)14-10-6-18(16,17)5-9(10)13-11(14)15/h1-4,9-10H,5-6,12H2,(H,13,15)/t9-,10-/m0/s1. The first-order chi connectivity index (χ1) is 8.46. The second-order valence-electron chi connectivity index (χ2n) is 4.67. The van der Waals surface area contributed by atoms with E-state index in [1.165, 1.54) is 4.90 Å². The molecule has 0 saturated carbocycles. The van der Waals surface area contributed by atoms with E-state index in [1.807, 2.05) is 0 Å². The van der Waals surface area contributed by atoms with Crippen molar-refractivity contribution in [3.8, 4) is 0 Å². The van der Waals surface area contributed by atoms with Crippen molar-refractivity contribution in [3.05, 3.63) is 24.3 Å². The third-order valence-electron chi connectivity index (χ3n) is 3.33. The number of nitrogens with one attached hydrogen (secondary N) is 1. The zero-order valence-corrected chi connectivity index (χ0v) is 10.4. The first-order valence-electron chi connectivity index (χ1n) is 5.62. The highest BCUT2D eigenvalue weighted by Crippen LogP contribution is 2.30. The summed E-state index contributed by atoms with van der Waals surface area (Å²) in [5.74, 6) is 0.0213. The number of nitrogen functional groups attached to an aromatic ring is 1. The van der Waals surface area contributed by atoms with Gasteiger partial charge in [0.05, 0.1) is 23.6 Å². The summed E-state index contributed by atoms with van der Waals surface area (Å²) >= 11 is 0. The Kier molecular flexibility index (Phi) is 2.28. The fourth-order valence-corrected chi connectivity index (χ4v) is 4.47. The maximum Gasteiger partial charge on any atom is 0.322 e. The smallest absolute Gasteiger partial charge is 0.322 e. The highest BCUT2D eigenvalue weighted by Gasteiger charge is 2.49. The molecule has 2 atom stereocenters. The monoisotopic (exact) mass is 267 g/mol. The van der Waals surface area contributed by atoms with Gasteiger partial charge in [0.25, 0.3) is 0 Å². The fourth-order valence-electron chi connectivity index (χ4n) is 2.58. The Morgan fingerprint density at radius 3 is 2.83 bits per heavy atom. The van der Waals surface area contributed by atoms with Crippen LogP contribution in [-0.4, -0.2) is 38.0 Å². The number of hydrogen-bond donors (Lipinski definition) is 2. The second-order valence-corrected chi connectivity index (χ2v) is 6.82. The average Bonchev–Trinajstić information content (AvgIpc) is 2.68. The Bertz CT molecular complexity index is 614. The van der Waals surface area contributed by atoms with Crippen molar-refractivity contribution in [1.29, 1.82) is 0 Å². The van der Waals surface area contributed by atoms with Gasteiger partial charge in [-0.3, -0.25) is 4.90 Å². The number of benzene rings is 1. The molecule has 2 amide bonds. The number of rotatable bonds is 1. The van der Waals surface area contributed by atoms with E-state index in [2.05, 4.69) is 5.32 Å². The molecule has 18 heavy (non-hydrogen) atoms. The van der Waals surface area contributed by atoms with Gasteiger partial charge in [0.2, 0.25) is 0 Å². The predicted octanol–water partition coefficient (Wildman–Crippen LogP) is -0.0360. The van der Waals surface area contributed by atoms with Crippen LogP contribution in [0.1, 0.15) is 0 Å². The average molecular weight is 267 g/mol. The van der Waals surface area contributed by atoms with Gasteiger partial charge in [-0.2, -0.15) is 0 Å². The molecule has 3 rings (SSSR count). The Labute approximate surface area is 105 Å². The second kappa shape index (κ2) is 3.61. The van der Waals surface area contributed by atoms with Crippen LogP contribution in [-0.2, 0) is 9.84 Å². The van der Waals surface area contributed by atoms with Crippen molar-refractivity contribution in [2.75, 3.05) is 22.1 Å².